The first-order valence-corrected chi connectivity index (χ1v) is 8.85. The number of carbonyl (C=O) groups excluding carboxylic acids is 1. The predicted molar refractivity (Wildman–Crippen MR) is 108 cm³/mol. The van der Waals surface area contributed by atoms with Crippen LogP contribution in [0.15, 0.2) is 97.1 Å². The van der Waals surface area contributed by atoms with Crippen LogP contribution in [0.2, 0.25) is 0 Å². The van der Waals surface area contributed by atoms with E-state index in [1.54, 1.807) is 5.48 Å². The molecule has 0 saturated carbocycles. The fraction of sp³-hybridized carbons (Fsp3) is 0.0417. The minimum atomic E-state index is -0.558. The van der Waals surface area contributed by atoms with Crippen LogP contribution in [0.4, 0.5) is 0 Å². The standard InChI is InChI=1S/C24H19NO2/c26-24(25-27)23(19-8-2-1-3-9-19)20-15-13-18(14-16-20)22-12-6-10-17-7-4-5-11-21(17)22/h1-16,23,27H,(H,25,26). The Kier molecular flexibility index (Phi) is 4.69. The second kappa shape index (κ2) is 7.44. The molecule has 0 radical (unpaired) electrons. The van der Waals surface area contributed by atoms with Crippen LogP contribution >= 0.6 is 0 Å². The van der Waals surface area contributed by atoms with Crippen molar-refractivity contribution in [2.75, 3.05) is 0 Å². The minimum absolute atomic E-state index is 0.445. The largest absolute Gasteiger partial charge is 0.289 e. The Morgan fingerprint density at radius 1 is 0.704 bits per heavy atom. The zero-order valence-corrected chi connectivity index (χ0v) is 14.7. The van der Waals surface area contributed by atoms with Crippen LogP contribution in [0.1, 0.15) is 17.0 Å². The summed E-state index contributed by atoms with van der Waals surface area (Å²) in [5.74, 6) is -1.00. The maximum absolute atomic E-state index is 12.3. The zero-order valence-electron chi connectivity index (χ0n) is 14.7. The van der Waals surface area contributed by atoms with Gasteiger partial charge < -0.3 is 0 Å². The molecule has 0 aliphatic heterocycles. The van der Waals surface area contributed by atoms with Crippen molar-refractivity contribution < 1.29 is 10.0 Å². The molecule has 1 atom stereocenters. The molecule has 4 aromatic rings. The van der Waals surface area contributed by atoms with E-state index < -0.39 is 11.8 Å². The maximum Gasteiger partial charge on any atom is 0.255 e. The lowest BCUT2D eigenvalue weighted by Crippen LogP contribution is -2.27. The number of fused-ring (bicyclic) bond motifs is 1. The lowest BCUT2D eigenvalue weighted by atomic mass is 9.89. The molecule has 0 aromatic heterocycles. The monoisotopic (exact) mass is 353 g/mol. The third-order valence-corrected chi connectivity index (χ3v) is 4.85. The van der Waals surface area contributed by atoms with Gasteiger partial charge in [0.2, 0.25) is 0 Å². The minimum Gasteiger partial charge on any atom is -0.289 e. The Labute approximate surface area is 157 Å². The van der Waals surface area contributed by atoms with Crippen molar-refractivity contribution in [3.63, 3.8) is 0 Å². The number of amides is 1. The maximum atomic E-state index is 12.3. The Morgan fingerprint density at radius 3 is 2.07 bits per heavy atom. The van der Waals surface area contributed by atoms with Gasteiger partial charge in [-0.3, -0.25) is 10.0 Å². The summed E-state index contributed by atoms with van der Waals surface area (Å²) in [5, 5.41) is 11.6. The fourth-order valence-electron chi connectivity index (χ4n) is 3.54. The lowest BCUT2D eigenvalue weighted by Gasteiger charge is -2.16. The van der Waals surface area contributed by atoms with Gasteiger partial charge in [-0.15, -0.1) is 0 Å². The van der Waals surface area contributed by atoms with Gasteiger partial charge in [-0.25, -0.2) is 5.48 Å². The highest BCUT2D eigenvalue weighted by Gasteiger charge is 2.22. The third-order valence-electron chi connectivity index (χ3n) is 4.85. The van der Waals surface area contributed by atoms with E-state index in [0.29, 0.717) is 0 Å². The van der Waals surface area contributed by atoms with Crippen molar-refractivity contribution in [1.82, 2.24) is 5.48 Å². The van der Waals surface area contributed by atoms with Crippen molar-refractivity contribution in [3.8, 4) is 11.1 Å². The SMILES string of the molecule is O=C(NO)C(c1ccccc1)c1ccc(-c2cccc3ccccc23)cc1. The summed E-state index contributed by atoms with van der Waals surface area (Å²) in [6.45, 7) is 0. The van der Waals surface area contributed by atoms with Gasteiger partial charge in [0.05, 0.1) is 5.92 Å². The summed E-state index contributed by atoms with van der Waals surface area (Å²) in [5.41, 5.74) is 5.70. The summed E-state index contributed by atoms with van der Waals surface area (Å²) >= 11 is 0. The van der Waals surface area contributed by atoms with Crippen LogP contribution in [0.3, 0.4) is 0 Å². The van der Waals surface area contributed by atoms with Crippen LogP contribution < -0.4 is 5.48 Å². The molecule has 1 unspecified atom stereocenters. The second-order valence-corrected chi connectivity index (χ2v) is 6.47. The van der Waals surface area contributed by atoms with Gasteiger partial charge in [-0.05, 0) is 33.0 Å². The lowest BCUT2D eigenvalue weighted by molar-refractivity contribution is -0.129. The molecule has 0 fully saturated rings. The molecular formula is C24H19NO2. The highest BCUT2D eigenvalue weighted by atomic mass is 16.5. The van der Waals surface area contributed by atoms with E-state index in [1.807, 2.05) is 66.7 Å². The number of hydroxylamine groups is 1. The summed E-state index contributed by atoms with van der Waals surface area (Å²) in [6.07, 6.45) is 0. The number of hydrogen-bond donors (Lipinski definition) is 2. The molecule has 4 rings (SSSR count). The van der Waals surface area contributed by atoms with Crippen molar-refractivity contribution in [3.05, 3.63) is 108 Å². The van der Waals surface area contributed by atoms with Crippen LogP contribution in [0, 0.1) is 0 Å². The fourth-order valence-corrected chi connectivity index (χ4v) is 3.54. The molecule has 0 aliphatic carbocycles. The van der Waals surface area contributed by atoms with E-state index in [4.69, 9.17) is 0 Å². The summed E-state index contributed by atoms with van der Waals surface area (Å²) in [4.78, 5) is 12.3. The molecule has 0 aliphatic rings. The molecule has 4 aromatic carbocycles. The number of carbonyl (C=O) groups is 1. The summed E-state index contributed by atoms with van der Waals surface area (Å²) in [6, 6.07) is 31.9. The van der Waals surface area contributed by atoms with Gasteiger partial charge in [0.15, 0.2) is 0 Å². The smallest absolute Gasteiger partial charge is 0.255 e. The Hall–Kier alpha value is -3.43. The van der Waals surface area contributed by atoms with Gasteiger partial charge in [-0.2, -0.15) is 0 Å². The first kappa shape index (κ1) is 17.0. The van der Waals surface area contributed by atoms with Crippen molar-refractivity contribution in [1.29, 1.82) is 0 Å². The molecule has 2 N–H and O–H groups in total. The molecule has 3 heteroatoms. The summed E-state index contributed by atoms with van der Waals surface area (Å²) in [7, 11) is 0. The van der Waals surface area contributed by atoms with E-state index in [9.17, 15) is 10.0 Å². The van der Waals surface area contributed by atoms with Crippen LogP contribution in [-0.4, -0.2) is 11.1 Å². The molecule has 132 valence electrons. The number of hydrogen-bond acceptors (Lipinski definition) is 2. The number of rotatable bonds is 4. The van der Waals surface area contributed by atoms with Crippen molar-refractivity contribution in [2.45, 2.75) is 5.92 Å². The molecule has 1 amide bonds. The quantitative estimate of drug-likeness (QED) is 0.394. The molecule has 0 spiro atoms. The Morgan fingerprint density at radius 2 is 1.33 bits per heavy atom. The van der Waals surface area contributed by atoms with Gasteiger partial charge in [0, 0.05) is 0 Å². The highest BCUT2D eigenvalue weighted by molar-refractivity contribution is 5.96. The second-order valence-electron chi connectivity index (χ2n) is 6.47. The van der Waals surface area contributed by atoms with Crippen molar-refractivity contribution >= 4 is 16.7 Å². The topological polar surface area (TPSA) is 49.3 Å². The molecular weight excluding hydrogens is 334 g/mol. The predicted octanol–water partition coefficient (Wildman–Crippen LogP) is 5.14. The van der Waals surface area contributed by atoms with E-state index in [2.05, 4.69) is 30.3 Å². The zero-order chi connectivity index (χ0) is 18.6. The Balaban J connectivity index is 1.75. The van der Waals surface area contributed by atoms with Gasteiger partial charge >= 0.3 is 0 Å². The first-order chi connectivity index (χ1) is 13.3. The normalized spacial score (nSPS) is 11.9. The molecule has 0 heterocycles. The van der Waals surface area contributed by atoms with Gasteiger partial charge in [-0.1, -0.05) is 97.1 Å². The molecule has 27 heavy (non-hydrogen) atoms. The van der Waals surface area contributed by atoms with Gasteiger partial charge in [0.1, 0.15) is 0 Å². The van der Waals surface area contributed by atoms with E-state index in [-0.39, 0.29) is 0 Å². The highest BCUT2D eigenvalue weighted by Crippen LogP contribution is 2.31. The van der Waals surface area contributed by atoms with Gasteiger partial charge in [0.25, 0.3) is 5.91 Å². The summed E-state index contributed by atoms with van der Waals surface area (Å²) < 4.78 is 0. The van der Waals surface area contributed by atoms with Crippen molar-refractivity contribution in [2.24, 2.45) is 0 Å². The molecule has 3 nitrogen and oxygen atoms in total. The van der Waals surface area contributed by atoms with E-state index in [1.165, 1.54) is 10.8 Å². The van der Waals surface area contributed by atoms with Crippen LogP contribution in [0.5, 0.6) is 0 Å². The number of benzene rings is 4. The number of nitrogens with one attached hydrogen (secondary N) is 1. The average molecular weight is 353 g/mol. The van der Waals surface area contributed by atoms with Crippen LogP contribution in [-0.2, 0) is 4.79 Å². The van der Waals surface area contributed by atoms with E-state index in [0.717, 1.165) is 22.3 Å². The third kappa shape index (κ3) is 3.33. The first-order valence-electron chi connectivity index (χ1n) is 8.85. The average Bonchev–Trinajstić information content (AvgIpc) is 2.75. The Bertz CT molecular complexity index is 1070. The van der Waals surface area contributed by atoms with E-state index >= 15 is 0 Å². The van der Waals surface area contributed by atoms with Crippen LogP contribution in [0.25, 0.3) is 21.9 Å². The molecule has 0 bridgehead atoms. The molecule has 0 saturated heterocycles.